The summed E-state index contributed by atoms with van der Waals surface area (Å²) < 4.78 is 0. The Balaban J connectivity index is 2.23. The number of aromatic nitrogens is 1. The summed E-state index contributed by atoms with van der Waals surface area (Å²) in [6, 6.07) is 5.73. The third kappa shape index (κ3) is 2.29. The lowest BCUT2D eigenvalue weighted by Crippen LogP contribution is -2.19. The van der Waals surface area contributed by atoms with Crippen LogP contribution in [0.3, 0.4) is 0 Å². The molecule has 3 N–H and O–H groups in total. The first kappa shape index (κ1) is 11.3. The Morgan fingerprint density at radius 2 is 2.25 bits per heavy atom. The first-order valence-corrected chi connectivity index (χ1v) is 6.07. The van der Waals surface area contributed by atoms with E-state index in [9.17, 15) is 5.11 Å². The van der Waals surface area contributed by atoms with Gasteiger partial charge in [0.25, 0.3) is 0 Å². The highest BCUT2D eigenvalue weighted by atomic mass is 32.1. The zero-order valence-corrected chi connectivity index (χ0v) is 9.60. The van der Waals surface area contributed by atoms with Crippen molar-refractivity contribution in [3.63, 3.8) is 0 Å². The Kier molecular flexibility index (Phi) is 3.66. The monoisotopic (exact) mass is 234 g/mol. The number of thiophene rings is 1. The van der Waals surface area contributed by atoms with Gasteiger partial charge in [0.2, 0.25) is 0 Å². The van der Waals surface area contributed by atoms with E-state index in [1.165, 1.54) is 0 Å². The lowest BCUT2D eigenvalue weighted by molar-refractivity contribution is 0.148. The third-order valence-electron chi connectivity index (χ3n) is 2.63. The number of aliphatic hydroxyl groups is 1. The second-order valence-electron chi connectivity index (χ2n) is 3.63. The zero-order valence-electron chi connectivity index (χ0n) is 8.78. The molecule has 0 saturated carbocycles. The molecule has 2 rings (SSSR count). The largest absolute Gasteiger partial charge is 0.388 e. The highest BCUT2D eigenvalue weighted by molar-refractivity contribution is 7.07. The van der Waals surface area contributed by atoms with Gasteiger partial charge in [0, 0.05) is 24.9 Å². The smallest absolute Gasteiger partial charge is 0.0879 e. The molecule has 2 unspecified atom stereocenters. The molecule has 4 heteroatoms. The summed E-state index contributed by atoms with van der Waals surface area (Å²) in [5.41, 5.74) is 7.62. The van der Waals surface area contributed by atoms with Gasteiger partial charge >= 0.3 is 0 Å². The topological polar surface area (TPSA) is 59.1 Å². The van der Waals surface area contributed by atoms with Crippen molar-refractivity contribution in [2.75, 3.05) is 6.54 Å². The van der Waals surface area contributed by atoms with Crippen LogP contribution in [0, 0.1) is 0 Å². The predicted molar refractivity (Wildman–Crippen MR) is 65.3 cm³/mol. The molecular formula is C12H14N2OS. The number of pyridine rings is 1. The summed E-state index contributed by atoms with van der Waals surface area (Å²) in [4.78, 5) is 4.05. The number of aliphatic hydroxyl groups excluding tert-OH is 1. The van der Waals surface area contributed by atoms with Crippen molar-refractivity contribution in [1.82, 2.24) is 4.98 Å². The summed E-state index contributed by atoms with van der Waals surface area (Å²) in [6.45, 7) is 0.405. The molecule has 0 aliphatic rings. The van der Waals surface area contributed by atoms with Crippen LogP contribution < -0.4 is 5.73 Å². The van der Waals surface area contributed by atoms with Gasteiger partial charge in [0.1, 0.15) is 0 Å². The lowest BCUT2D eigenvalue weighted by Gasteiger charge is -2.20. The summed E-state index contributed by atoms with van der Waals surface area (Å²) in [5.74, 6) is -0.0942. The van der Waals surface area contributed by atoms with E-state index in [4.69, 9.17) is 5.73 Å². The fourth-order valence-corrected chi connectivity index (χ4v) is 2.41. The van der Waals surface area contributed by atoms with Gasteiger partial charge in [-0.1, -0.05) is 6.07 Å². The normalized spacial score (nSPS) is 14.6. The van der Waals surface area contributed by atoms with Crippen LogP contribution in [0.25, 0.3) is 0 Å². The van der Waals surface area contributed by atoms with Crippen molar-refractivity contribution >= 4 is 11.3 Å². The molecule has 0 saturated heterocycles. The first-order valence-electron chi connectivity index (χ1n) is 5.13. The summed E-state index contributed by atoms with van der Waals surface area (Å²) in [5, 5.41) is 14.1. The van der Waals surface area contributed by atoms with Crippen LogP contribution in [0.15, 0.2) is 41.4 Å². The lowest BCUT2D eigenvalue weighted by atomic mass is 9.91. The minimum atomic E-state index is -0.555. The zero-order chi connectivity index (χ0) is 11.4. The number of hydrogen-bond acceptors (Lipinski definition) is 4. The van der Waals surface area contributed by atoms with Crippen LogP contribution in [0.4, 0.5) is 0 Å². The Hall–Kier alpha value is -1.23. The molecule has 2 aromatic rings. The number of hydrogen-bond donors (Lipinski definition) is 2. The average Bonchev–Trinajstić information content (AvgIpc) is 2.85. The first-order chi connectivity index (χ1) is 7.83. The van der Waals surface area contributed by atoms with Crippen LogP contribution >= 0.6 is 11.3 Å². The van der Waals surface area contributed by atoms with Gasteiger partial charge in [0.15, 0.2) is 0 Å². The fourth-order valence-electron chi connectivity index (χ4n) is 1.72. The Morgan fingerprint density at radius 1 is 1.38 bits per heavy atom. The molecule has 2 aromatic heterocycles. The van der Waals surface area contributed by atoms with Crippen molar-refractivity contribution < 1.29 is 5.11 Å². The second kappa shape index (κ2) is 5.21. The quantitative estimate of drug-likeness (QED) is 0.849. The van der Waals surface area contributed by atoms with E-state index in [0.717, 1.165) is 11.1 Å². The van der Waals surface area contributed by atoms with Gasteiger partial charge in [-0.05, 0) is 34.0 Å². The Bertz CT molecular complexity index is 416. The molecule has 16 heavy (non-hydrogen) atoms. The molecule has 2 atom stereocenters. The average molecular weight is 234 g/mol. The third-order valence-corrected chi connectivity index (χ3v) is 3.33. The maximum absolute atomic E-state index is 10.2. The van der Waals surface area contributed by atoms with E-state index < -0.39 is 6.10 Å². The van der Waals surface area contributed by atoms with Crippen LogP contribution in [0.2, 0.25) is 0 Å². The molecular weight excluding hydrogens is 220 g/mol. The summed E-state index contributed by atoms with van der Waals surface area (Å²) in [6.07, 6.45) is 2.92. The maximum atomic E-state index is 10.2. The van der Waals surface area contributed by atoms with Gasteiger partial charge in [-0.2, -0.15) is 11.3 Å². The van der Waals surface area contributed by atoms with E-state index in [1.807, 2.05) is 29.0 Å². The fraction of sp³-hybridized carbons (Fsp3) is 0.250. The van der Waals surface area contributed by atoms with Crippen molar-refractivity contribution in [3.05, 3.63) is 52.5 Å². The molecule has 3 nitrogen and oxygen atoms in total. The minimum absolute atomic E-state index is 0.0942. The van der Waals surface area contributed by atoms with E-state index in [1.54, 1.807) is 23.7 Å². The molecule has 0 radical (unpaired) electrons. The number of rotatable bonds is 4. The van der Waals surface area contributed by atoms with E-state index in [2.05, 4.69) is 4.98 Å². The van der Waals surface area contributed by atoms with Crippen molar-refractivity contribution in [2.24, 2.45) is 5.73 Å². The van der Waals surface area contributed by atoms with Crippen LogP contribution in [0.1, 0.15) is 23.1 Å². The van der Waals surface area contributed by atoms with Gasteiger partial charge in [-0.3, -0.25) is 4.98 Å². The second-order valence-corrected chi connectivity index (χ2v) is 4.41. The molecule has 0 fully saturated rings. The summed E-state index contributed by atoms with van der Waals surface area (Å²) >= 11 is 1.57. The van der Waals surface area contributed by atoms with E-state index in [-0.39, 0.29) is 5.92 Å². The van der Waals surface area contributed by atoms with Crippen molar-refractivity contribution in [3.8, 4) is 0 Å². The SMILES string of the molecule is NCC(c1cccnc1)C(O)c1ccsc1. The standard InChI is InChI=1S/C12H14N2OS/c13-6-11(9-2-1-4-14-7-9)12(15)10-3-5-16-8-10/h1-5,7-8,11-12,15H,6,13H2. The number of nitrogens with two attached hydrogens (primary N) is 1. The summed E-state index contributed by atoms with van der Waals surface area (Å²) in [7, 11) is 0. The van der Waals surface area contributed by atoms with Crippen LogP contribution in [-0.4, -0.2) is 16.6 Å². The highest BCUT2D eigenvalue weighted by Gasteiger charge is 2.21. The van der Waals surface area contributed by atoms with Gasteiger partial charge in [-0.25, -0.2) is 0 Å². The molecule has 0 aliphatic heterocycles. The molecule has 0 amide bonds. The van der Waals surface area contributed by atoms with Gasteiger partial charge in [0.05, 0.1) is 6.10 Å². The molecule has 0 spiro atoms. The maximum Gasteiger partial charge on any atom is 0.0879 e. The molecule has 0 aliphatic carbocycles. The number of nitrogens with zero attached hydrogens (tertiary/aromatic N) is 1. The van der Waals surface area contributed by atoms with Crippen LogP contribution in [0.5, 0.6) is 0 Å². The molecule has 84 valence electrons. The highest BCUT2D eigenvalue weighted by Crippen LogP contribution is 2.30. The minimum Gasteiger partial charge on any atom is -0.388 e. The van der Waals surface area contributed by atoms with Crippen LogP contribution in [-0.2, 0) is 0 Å². The molecule has 2 heterocycles. The Labute approximate surface area is 98.6 Å². The molecule has 0 bridgehead atoms. The predicted octanol–water partition coefficient (Wildman–Crippen LogP) is 1.92. The van der Waals surface area contributed by atoms with E-state index >= 15 is 0 Å². The van der Waals surface area contributed by atoms with Gasteiger partial charge in [-0.15, -0.1) is 0 Å². The van der Waals surface area contributed by atoms with Crippen molar-refractivity contribution in [2.45, 2.75) is 12.0 Å². The van der Waals surface area contributed by atoms with Crippen molar-refractivity contribution in [1.29, 1.82) is 0 Å². The molecule has 0 aromatic carbocycles. The van der Waals surface area contributed by atoms with E-state index in [0.29, 0.717) is 6.54 Å². The Morgan fingerprint density at radius 3 is 2.81 bits per heavy atom. The van der Waals surface area contributed by atoms with Gasteiger partial charge < -0.3 is 10.8 Å².